The van der Waals surface area contributed by atoms with Crippen molar-refractivity contribution >= 4 is 23.0 Å². The zero-order valence-electron chi connectivity index (χ0n) is 15.7. The fourth-order valence-electron chi connectivity index (χ4n) is 3.39. The van der Waals surface area contributed by atoms with Gasteiger partial charge in [-0.05, 0) is 37.1 Å². The summed E-state index contributed by atoms with van der Waals surface area (Å²) in [5, 5.41) is 0. The van der Waals surface area contributed by atoms with E-state index in [0.29, 0.717) is 32.2 Å². The Balaban J connectivity index is 1.41. The quantitative estimate of drug-likeness (QED) is 0.773. The van der Waals surface area contributed by atoms with Gasteiger partial charge in [-0.15, -0.1) is 0 Å². The number of benzene rings is 2. The first-order valence-corrected chi connectivity index (χ1v) is 9.24. The molecule has 1 aliphatic heterocycles. The van der Waals surface area contributed by atoms with Crippen molar-refractivity contribution in [2.75, 3.05) is 31.1 Å². The molecule has 0 bridgehead atoms. The molecule has 1 fully saturated rings. The van der Waals surface area contributed by atoms with Gasteiger partial charge in [0, 0.05) is 26.2 Å². The summed E-state index contributed by atoms with van der Waals surface area (Å²) in [5.41, 5.74) is 11.0. The molecule has 140 valence electrons. The summed E-state index contributed by atoms with van der Waals surface area (Å²) in [4.78, 5) is 21.2. The number of carbonyl (C=O) groups is 1. The minimum atomic E-state index is -0.621. The van der Waals surface area contributed by atoms with Gasteiger partial charge in [-0.2, -0.15) is 4.98 Å². The number of hydrogen-bond donors (Lipinski definition) is 1. The molecule has 0 aliphatic carbocycles. The van der Waals surface area contributed by atoms with E-state index in [1.165, 1.54) is 0 Å². The molecule has 1 atom stereocenters. The molecule has 1 saturated heterocycles. The molecule has 1 amide bonds. The number of aromatic nitrogens is 1. The van der Waals surface area contributed by atoms with Gasteiger partial charge in [0.2, 0.25) is 5.91 Å². The molecule has 6 heteroatoms. The molecule has 0 saturated carbocycles. The Morgan fingerprint density at radius 1 is 1.04 bits per heavy atom. The van der Waals surface area contributed by atoms with Crippen molar-refractivity contribution in [3.63, 3.8) is 0 Å². The second-order valence-corrected chi connectivity index (χ2v) is 7.17. The van der Waals surface area contributed by atoms with Gasteiger partial charge in [-0.3, -0.25) is 4.79 Å². The highest BCUT2D eigenvalue weighted by molar-refractivity contribution is 5.83. The molecule has 4 rings (SSSR count). The van der Waals surface area contributed by atoms with Crippen molar-refractivity contribution in [3.05, 3.63) is 59.2 Å². The van der Waals surface area contributed by atoms with Gasteiger partial charge in [-0.1, -0.05) is 35.9 Å². The summed E-state index contributed by atoms with van der Waals surface area (Å²) in [6, 6.07) is 13.8. The van der Waals surface area contributed by atoms with Gasteiger partial charge in [0.25, 0.3) is 6.01 Å². The van der Waals surface area contributed by atoms with Gasteiger partial charge in [0.15, 0.2) is 5.58 Å². The normalized spacial score (nSPS) is 16.0. The Morgan fingerprint density at radius 2 is 1.70 bits per heavy atom. The fraction of sp³-hybridized carbons (Fsp3) is 0.333. The highest BCUT2D eigenvalue weighted by Gasteiger charge is 2.27. The Hall–Kier alpha value is -2.86. The Labute approximate surface area is 158 Å². The first-order valence-electron chi connectivity index (χ1n) is 9.24. The standard InChI is InChI=1S/C21H24N4O2/c1-14-3-6-16(7-4-14)19(22)20(26)24-9-11-25(12-10-24)21-23-17-13-15(2)5-8-18(17)27-21/h3-8,13,19H,9-12,22H2,1-2H3. The molecule has 1 aliphatic rings. The molecule has 1 aromatic heterocycles. The van der Waals surface area contributed by atoms with E-state index in [0.717, 1.165) is 27.8 Å². The summed E-state index contributed by atoms with van der Waals surface area (Å²) in [6.07, 6.45) is 0. The zero-order chi connectivity index (χ0) is 19.0. The van der Waals surface area contributed by atoms with E-state index in [2.05, 4.69) is 9.88 Å². The number of amides is 1. The highest BCUT2D eigenvalue weighted by atomic mass is 16.4. The van der Waals surface area contributed by atoms with E-state index in [-0.39, 0.29) is 5.91 Å². The van der Waals surface area contributed by atoms with Crippen molar-refractivity contribution in [2.24, 2.45) is 5.73 Å². The third-order valence-corrected chi connectivity index (χ3v) is 5.10. The highest BCUT2D eigenvalue weighted by Crippen LogP contribution is 2.24. The SMILES string of the molecule is Cc1ccc(C(N)C(=O)N2CCN(c3nc4cc(C)ccc4o3)CC2)cc1. The van der Waals surface area contributed by atoms with Crippen LogP contribution in [0.3, 0.4) is 0 Å². The molecule has 0 radical (unpaired) electrons. The van der Waals surface area contributed by atoms with Crippen LogP contribution in [-0.4, -0.2) is 42.0 Å². The number of aryl methyl sites for hydroxylation is 2. The maximum atomic E-state index is 12.7. The lowest BCUT2D eigenvalue weighted by Gasteiger charge is -2.35. The third kappa shape index (κ3) is 3.53. The number of anilines is 1. The largest absolute Gasteiger partial charge is 0.423 e. The third-order valence-electron chi connectivity index (χ3n) is 5.10. The van der Waals surface area contributed by atoms with E-state index in [1.807, 2.05) is 61.2 Å². The molecule has 2 heterocycles. The van der Waals surface area contributed by atoms with Crippen LogP contribution in [0.5, 0.6) is 0 Å². The molecule has 0 spiro atoms. The maximum Gasteiger partial charge on any atom is 0.298 e. The van der Waals surface area contributed by atoms with E-state index >= 15 is 0 Å². The number of nitrogens with two attached hydrogens (primary N) is 1. The van der Waals surface area contributed by atoms with Crippen LogP contribution in [-0.2, 0) is 4.79 Å². The molecule has 2 aromatic carbocycles. The molecule has 3 aromatic rings. The minimum absolute atomic E-state index is 0.0355. The van der Waals surface area contributed by atoms with Crippen LogP contribution >= 0.6 is 0 Å². The van der Waals surface area contributed by atoms with E-state index < -0.39 is 6.04 Å². The van der Waals surface area contributed by atoms with Crippen LogP contribution in [0, 0.1) is 13.8 Å². The second kappa shape index (κ2) is 7.04. The summed E-state index contributed by atoms with van der Waals surface area (Å²) >= 11 is 0. The van der Waals surface area contributed by atoms with Gasteiger partial charge >= 0.3 is 0 Å². The smallest absolute Gasteiger partial charge is 0.298 e. The predicted octanol–water partition coefficient (Wildman–Crippen LogP) is 2.79. The first-order chi connectivity index (χ1) is 13.0. The number of piperazine rings is 1. The van der Waals surface area contributed by atoms with E-state index in [9.17, 15) is 4.79 Å². The topological polar surface area (TPSA) is 75.6 Å². The van der Waals surface area contributed by atoms with E-state index in [1.54, 1.807) is 0 Å². The Morgan fingerprint density at radius 3 is 2.41 bits per heavy atom. The fourth-order valence-corrected chi connectivity index (χ4v) is 3.39. The van der Waals surface area contributed by atoms with Gasteiger partial charge < -0.3 is 20.0 Å². The lowest BCUT2D eigenvalue weighted by atomic mass is 10.0. The lowest BCUT2D eigenvalue weighted by Crippen LogP contribution is -2.51. The molecular formula is C21H24N4O2. The summed E-state index contributed by atoms with van der Waals surface area (Å²) in [5.74, 6) is -0.0355. The predicted molar refractivity (Wildman–Crippen MR) is 106 cm³/mol. The van der Waals surface area contributed by atoms with Crippen LogP contribution in [0.2, 0.25) is 0 Å². The number of hydrogen-bond acceptors (Lipinski definition) is 5. The van der Waals surface area contributed by atoms with Crippen LogP contribution < -0.4 is 10.6 Å². The van der Waals surface area contributed by atoms with Gasteiger partial charge in [-0.25, -0.2) is 0 Å². The first kappa shape index (κ1) is 17.5. The van der Waals surface area contributed by atoms with Crippen molar-refractivity contribution in [3.8, 4) is 0 Å². The zero-order valence-corrected chi connectivity index (χ0v) is 15.7. The molecule has 27 heavy (non-hydrogen) atoms. The molecule has 6 nitrogen and oxygen atoms in total. The summed E-state index contributed by atoms with van der Waals surface area (Å²) in [7, 11) is 0. The van der Waals surface area contributed by atoms with Crippen molar-refractivity contribution in [2.45, 2.75) is 19.9 Å². The van der Waals surface area contributed by atoms with Crippen molar-refractivity contribution in [1.82, 2.24) is 9.88 Å². The number of rotatable bonds is 3. The second-order valence-electron chi connectivity index (χ2n) is 7.17. The number of carbonyl (C=O) groups excluding carboxylic acids is 1. The minimum Gasteiger partial charge on any atom is -0.423 e. The van der Waals surface area contributed by atoms with Crippen LogP contribution in [0.15, 0.2) is 46.9 Å². The van der Waals surface area contributed by atoms with Crippen LogP contribution in [0.25, 0.3) is 11.1 Å². The summed E-state index contributed by atoms with van der Waals surface area (Å²) < 4.78 is 5.87. The van der Waals surface area contributed by atoms with Gasteiger partial charge in [0.05, 0.1) is 0 Å². The lowest BCUT2D eigenvalue weighted by molar-refractivity contribution is -0.133. The van der Waals surface area contributed by atoms with E-state index in [4.69, 9.17) is 10.2 Å². The van der Waals surface area contributed by atoms with Gasteiger partial charge in [0.1, 0.15) is 11.6 Å². The van der Waals surface area contributed by atoms with Crippen molar-refractivity contribution in [1.29, 1.82) is 0 Å². The maximum absolute atomic E-state index is 12.7. The monoisotopic (exact) mass is 364 g/mol. The average molecular weight is 364 g/mol. The molecular weight excluding hydrogens is 340 g/mol. The number of nitrogens with zero attached hydrogens (tertiary/aromatic N) is 3. The Bertz CT molecular complexity index is 956. The molecule has 1 unspecified atom stereocenters. The van der Waals surface area contributed by atoms with Crippen molar-refractivity contribution < 1.29 is 9.21 Å². The molecule has 2 N–H and O–H groups in total. The van der Waals surface area contributed by atoms with Crippen LogP contribution in [0.4, 0.5) is 6.01 Å². The Kier molecular flexibility index (Phi) is 4.58. The number of fused-ring (bicyclic) bond motifs is 1. The summed E-state index contributed by atoms with van der Waals surface area (Å²) in [6.45, 7) is 6.63. The average Bonchev–Trinajstić information content (AvgIpc) is 3.11. The number of oxazole rings is 1. The van der Waals surface area contributed by atoms with Crippen LogP contribution in [0.1, 0.15) is 22.7 Å².